The Morgan fingerprint density at radius 3 is 2.75 bits per heavy atom. The Morgan fingerprint density at radius 2 is 2.10 bits per heavy atom. The van der Waals surface area contributed by atoms with Gasteiger partial charge in [0.25, 0.3) is 0 Å². The van der Waals surface area contributed by atoms with Crippen LogP contribution in [0, 0.1) is 5.92 Å². The minimum atomic E-state index is -0.928. The minimum absolute atomic E-state index is 0.138. The quantitative estimate of drug-likeness (QED) is 0.942. The zero-order valence-electron chi connectivity index (χ0n) is 10.8. The second-order valence-corrected chi connectivity index (χ2v) is 5.72. The number of carboxylic acid groups (broad SMARTS) is 1. The van der Waals surface area contributed by atoms with E-state index < -0.39 is 5.97 Å². The molecule has 1 aromatic heterocycles. The molecule has 20 heavy (non-hydrogen) atoms. The maximum atomic E-state index is 12.1. The smallest absolute Gasteiger partial charge is 0.309 e. The van der Waals surface area contributed by atoms with Gasteiger partial charge in [-0.3, -0.25) is 9.59 Å². The molecule has 1 heterocycles. The van der Waals surface area contributed by atoms with Crippen molar-refractivity contribution in [3.8, 4) is 0 Å². The van der Waals surface area contributed by atoms with Gasteiger partial charge in [0, 0.05) is 28.7 Å². The van der Waals surface area contributed by atoms with E-state index in [1.807, 2.05) is 4.57 Å². The first-order valence-electron chi connectivity index (χ1n) is 6.58. The first-order chi connectivity index (χ1) is 9.54. The number of halogens is 1. The summed E-state index contributed by atoms with van der Waals surface area (Å²) in [7, 11) is 0. The van der Waals surface area contributed by atoms with Crippen LogP contribution >= 0.6 is 11.6 Å². The first kappa shape index (κ1) is 13.2. The number of aromatic nitrogens is 1. The van der Waals surface area contributed by atoms with E-state index in [9.17, 15) is 9.59 Å². The third-order valence-corrected chi connectivity index (χ3v) is 3.86. The Kier molecular flexibility index (Phi) is 3.26. The molecule has 1 aliphatic rings. The molecule has 3 rings (SSSR count). The molecule has 0 unspecified atom stereocenters. The number of hydrogen-bond donors (Lipinski definition) is 1. The lowest BCUT2D eigenvalue weighted by Gasteiger charge is -2.15. The summed E-state index contributed by atoms with van der Waals surface area (Å²) in [5, 5.41) is 10.1. The topological polar surface area (TPSA) is 59.3 Å². The lowest BCUT2D eigenvalue weighted by molar-refractivity contribution is -0.136. The fourth-order valence-corrected chi connectivity index (χ4v) is 2.65. The highest BCUT2D eigenvalue weighted by Gasteiger charge is 2.24. The molecule has 0 radical (unpaired) electrons. The van der Waals surface area contributed by atoms with Crippen LogP contribution in [0.1, 0.15) is 18.5 Å². The van der Waals surface area contributed by atoms with Crippen molar-refractivity contribution in [3.05, 3.63) is 45.2 Å². The number of rotatable bonds is 4. The van der Waals surface area contributed by atoms with Crippen LogP contribution in [0.15, 0.2) is 29.1 Å². The van der Waals surface area contributed by atoms with E-state index in [0.29, 0.717) is 22.0 Å². The Bertz CT molecular complexity index is 747. The van der Waals surface area contributed by atoms with E-state index in [4.69, 9.17) is 16.7 Å². The maximum Gasteiger partial charge on any atom is 0.309 e. The molecule has 0 amide bonds. The van der Waals surface area contributed by atoms with Gasteiger partial charge < -0.3 is 9.67 Å². The van der Waals surface area contributed by atoms with Crippen molar-refractivity contribution in [2.24, 2.45) is 5.92 Å². The van der Waals surface area contributed by atoms with Crippen molar-refractivity contribution >= 4 is 28.5 Å². The second-order valence-electron chi connectivity index (χ2n) is 5.29. The van der Waals surface area contributed by atoms with E-state index in [-0.39, 0.29) is 11.8 Å². The molecule has 0 aliphatic heterocycles. The van der Waals surface area contributed by atoms with Gasteiger partial charge in [0.15, 0.2) is 5.43 Å². The maximum absolute atomic E-state index is 12.1. The molecular formula is C15H14ClNO3. The Balaban J connectivity index is 2.23. The molecule has 0 atom stereocenters. The molecule has 0 bridgehead atoms. The first-order valence-corrected chi connectivity index (χ1v) is 6.96. The number of pyridine rings is 1. The summed E-state index contributed by atoms with van der Waals surface area (Å²) in [4.78, 5) is 23.1. The molecular weight excluding hydrogens is 278 g/mol. The van der Waals surface area contributed by atoms with Crippen LogP contribution in [0.5, 0.6) is 0 Å². The number of nitrogens with zero attached hydrogens (tertiary/aromatic N) is 1. The molecule has 2 aromatic rings. The SMILES string of the molecule is O=C(O)Cc1cc(=O)c2cc(Cl)ccc2n1CC1CC1. The largest absolute Gasteiger partial charge is 0.481 e. The van der Waals surface area contributed by atoms with Crippen molar-refractivity contribution in [1.29, 1.82) is 0 Å². The van der Waals surface area contributed by atoms with Crippen LogP contribution in [0.3, 0.4) is 0 Å². The molecule has 4 nitrogen and oxygen atoms in total. The Labute approximate surface area is 120 Å². The van der Waals surface area contributed by atoms with Gasteiger partial charge in [-0.2, -0.15) is 0 Å². The summed E-state index contributed by atoms with van der Waals surface area (Å²) in [6.07, 6.45) is 2.18. The normalized spacial score (nSPS) is 14.7. The Hall–Kier alpha value is -1.81. The highest BCUT2D eigenvalue weighted by molar-refractivity contribution is 6.31. The number of fused-ring (bicyclic) bond motifs is 1. The van der Waals surface area contributed by atoms with Crippen molar-refractivity contribution in [2.45, 2.75) is 25.8 Å². The zero-order valence-corrected chi connectivity index (χ0v) is 11.6. The Morgan fingerprint density at radius 1 is 1.35 bits per heavy atom. The van der Waals surface area contributed by atoms with E-state index in [2.05, 4.69) is 0 Å². The van der Waals surface area contributed by atoms with Gasteiger partial charge in [-0.25, -0.2) is 0 Å². The van der Waals surface area contributed by atoms with Crippen LogP contribution in [-0.2, 0) is 17.8 Å². The lowest BCUT2D eigenvalue weighted by atomic mass is 10.1. The second kappa shape index (κ2) is 4.94. The number of benzene rings is 1. The van der Waals surface area contributed by atoms with Gasteiger partial charge in [0.05, 0.1) is 11.9 Å². The molecule has 0 saturated heterocycles. The molecule has 104 valence electrons. The average Bonchev–Trinajstić information content (AvgIpc) is 3.17. The summed E-state index contributed by atoms with van der Waals surface area (Å²) in [6, 6.07) is 6.60. The van der Waals surface area contributed by atoms with Gasteiger partial charge >= 0.3 is 5.97 Å². The van der Waals surface area contributed by atoms with Crippen molar-refractivity contribution in [3.63, 3.8) is 0 Å². The fraction of sp³-hybridized carbons (Fsp3) is 0.333. The average molecular weight is 292 g/mol. The summed E-state index contributed by atoms with van der Waals surface area (Å²) in [5.41, 5.74) is 1.15. The van der Waals surface area contributed by atoms with Crippen LogP contribution in [0.2, 0.25) is 5.02 Å². The predicted molar refractivity (Wildman–Crippen MR) is 77.3 cm³/mol. The summed E-state index contributed by atoms with van der Waals surface area (Å²) in [6.45, 7) is 0.765. The molecule has 1 fully saturated rings. The molecule has 1 aliphatic carbocycles. The van der Waals surface area contributed by atoms with Crippen LogP contribution in [0.25, 0.3) is 10.9 Å². The summed E-state index contributed by atoms with van der Waals surface area (Å²) >= 11 is 5.94. The predicted octanol–water partition coefficient (Wildman–Crippen LogP) is 2.69. The van der Waals surface area contributed by atoms with Crippen molar-refractivity contribution in [2.75, 3.05) is 0 Å². The van der Waals surface area contributed by atoms with Crippen molar-refractivity contribution in [1.82, 2.24) is 4.57 Å². The third-order valence-electron chi connectivity index (χ3n) is 3.63. The van der Waals surface area contributed by atoms with Gasteiger partial charge in [-0.05, 0) is 37.0 Å². The van der Waals surface area contributed by atoms with Crippen LogP contribution in [-0.4, -0.2) is 15.6 Å². The van der Waals surface area contributed by atoms with Gasteiger partial charge in [0.2, 0.25) is 0 Å². The zero-order chi connectivity index (χ0) is 14.3. The highest BCUT2D eigenvalue weighted by atomic mass is 35.5. The number of carboxylic acids is 1. The van der Waals surface area contributed by atoms with E-state index in [1.165, 1.54) is 6.07 Å². The molecule has 1 saturated carbocycles. The molecule has 5 heteroatoms. The lowest BCUT2D eigenvalue weighted by Crippen LogP contribution is -2.18. The third kappa shape index (κ3) is 2.56. The highest BCUT2D eigenvalue weighted by Crippen LogP contribution is 2.32. The molecule has 0 spiro atoms. The van der Waals surface area contributed by atoms with Gasteiger partial charge in [-0.15, -0.1) is 0 Å². The number of hydrogen-bond acceptors (Lipinski definition) is 2. The van der Waals surface area contributed by atoms with E-state index in [0.717, 1.165) is 24.9 Å². The van der Waals surface area contributed by atoms with Gasteiger partial charge in [0.1, 0.15) is 0 Å². The monoisotopic (exact) mass is 291 g/mol. The van der Waals surface area contributed by atoms with E-state index >= 15 is 0 Å². The van der Waals surface area contributed by atoms with E-state index in [1.54, 1.807) is 18.2 Å². The van der Waals surface area contributed by atoms with Crippen LogP contribution < -0.4 is 5.43 Å². The number of carbonyl (C=O) groups is 1. The standard InChI is InChI=1S/C15H14ClNO3/c16-10-3-4-13-12(5-10)14(18)6-11(7-15(19)20)17(13)8-9-1-2-9/h3-6,9H,1-2,7-8H2,(H,19,20). The van der Waals surface area contributed by atoms with Gasteiger partial charge in [-0.1, -0.05) is 11.6 Å². The fourth-order valence-electron chi connectivity index (χ4n) is 2.48. The summed E-state index contributed by atoms with van der Waals surface area (Å²) < 4.78 is 1.96. The molecule has 1 N–H and O–H groups in total. The van der Waals surface area contributed by atoms with Crippen LogP contribution in [0.4, 0.5) is 0 Å². The minimum Gasteiger partial charge on any atom is -0.481 e. The van der Waals surface area contributed by atoms with Crippen molar-refractivity contribution < 1.29 is 9.90 Å². The molecule has 1 aromatic carbocycles. The summed E-state index contributed by atoms with van der Waals surface area (Å²) in [5.74, 6) is -0.341. The number of aliphatic carboxylic acids is 1.